The summed E-state index contributed by atoms with van der Waals surface area (Å²) in [5.41, 5.74) is -2.51. The van der Waals surface area contributed by atoms with Gasteiger partial charge in [-0.3, -0.25) is 4.79 Å². The molecule has 4 nitrogen and oxygen atoms in total. The van der Waals surface area contributed by atoms with E-state index in [4.69, 9.17) is 10.00 Å². The minimum atomic E-state index is -5.77. The zero-order valence-corrected chi connectivity index (χ0v) is 13.9. The lowest BCUT2D eigenvalue weighted by Gasteiger charge is -2.31. The van der Waals surface area contributed by atoms with E-state index in [2.05, 4.69) is 5.32 Å². The molecular weight excluding hydrogens is 359 g/mol. The summed E-state index contributed by atoms with van der Waals surface area (Å²) in [5, 5.41) is 10.9. The Morgan fingerprint density at radius 2 is 1.92 bits per heavy atom. The fourth-order valence-corrected chi connectivity index (χ4v) is 2.44. The van der Waals surface area contributed by atoms with Crippen molar-refractivity contribution in [2.75, 3.05) is 6.54 Å². The monoisotopic (exact) mass is 374 g/mol. The van der Waals surface area contributed by atoms with Crippen LogP contribution < -0.4 is 10.1 Å². The average molecular weight is 374 g/mol. The Morgan fingerprint density at radius 1 is 1.27 bits per heavy atom. The van der Waals surface area contributed by atoms with E-state index in [1.807, 2.05) is 6.07 Å². The fraction of sp³-hybridized carbons (Fsp3) is 0.412. The van der Waals surface area contributed by atoms with Gasteiger partial charge in [0.15, 0.2) is 0 Å². The summed E-state index contributed by atoms with van der Waals surface area (Å²) >= 11 is 0. The van der Waals surface area contributed by atoms with Crippen molar-refractivity contribution in [2.24, 2.45) is 0 Å². The number of benzene rings is 1. The quantitative estimate of drug-likeness (QED) is 0.642. The van der Waals surface area contributed by atoms with Crippen molar-refractivity contribution in [3.05, 3.63) is 35.4 Å². The number of nitrogens with one attached hydrogen (secondary N) is 1. The van der Waals surface area contributed by atoms with Crippen LogP contribution in [-0.2, 0) is 10.7 Å². The van der Waals surface area contributed by atoms with Gasteiger partial charge in [0, 0.05) is 17.7 Å². The van der Waals surface area contributed by atoms with E-state index < -0.39 is 29.2 Å². The maximum Gasteiger partial charge on any atom is 0.458 e. The second-order valence-electron chi connectivity index (χ2n) is 6.21. The first-order valence-corrected chi connectivity index (χ1v) is 7.55. The smallest absolute Gasteiger partial charge is 0.458 e. The van der Waals surface area contributed by atoms with Gasteiger partial charge in [0.2, 0.25) is 0 Å². The van der Waals surface area contributed by atoms with Crippen molar-refractivity contribution < 1.29 is 31.5 Å². The van der Waals surface area contributed by atoms with E-state index in [9.17, 15) is 26.7 Å². The van der Waals surface area contributed by atoms with Gasteiger partial charge in [-0.1, -0.05) is 0 Å². The van der Waals surface area contributed by atoms with Crippen LogP contribution in [0.1, 0.15) is 31.4 Å². The van der Waals surface area contributed by atoms with Crippen molar-refractivity contribution in [3.63, 3.8) is 0 Å². The number of fused-ring (bicyclic) bond motifs is 1. The molecule has 0 aliphatic carbocycles. The Bertz CT molecular complexity index is 791. The zero-order chi connectivity index (χ0) is 19.8. The maximum atomic E-state index is 13.6. The van der Waals surface area contributed by atoms with Crippen molar-refractivity contribution in [2.45, 2.75) is 38.0 Å². The number of carbonyl (C=O) groups excluding carboxylic acids is 1. The van der Waals surface area contributed by atoms with Crippen LogP contribution in [0.2, 0.25) is 0 Å². The molecule has 1 aromatic carbocycles. The van der Waals surface area contributed by atoms with Crippen LogP contribution in [0, 0.1) is 11.3 Å². The highest BCUT2D eigenvalue weighted by atomic mass is 19.4. The summed E-state index contributed by atoms with van der Waals surface area (Å²) in [6.07, 6.45) is -4.40. The molecule has 0 saturated heterocycles. The number of nitrogens with zero attached hydrogens (tertiary/aromatic N) is 1. The SMILES string of the molecule is CC1(C)C=C(C(=O)NCCC#N)c2cc(C(F)(F)C(F)(F)F)ccc2O1. The third-order valence-electron chi connectivity index (χ3n) is 3.62. The number of carbonyl (C=O) groups is 1. The van der Waals surface area contributed by atoms with Crippen molar-refractivity contribution in [1.82, 2.24) is 5.32 Å². The standard InChI is InChI=1S/C17H15F5N2O2/c1-15(2)9-12(14(25)24-7-3-6-23)11-8-10(4-5-13(11)26-15)16(18,19)17(20,21)22/h4-5,8-9H,3,7H2,1-2H3,(H,24,25). The first-order chi connectivity index (χ1) is 11.9. The molecule has 0 spiro atoms. The molecule has 0 fully saturated rings. The normalized spacial score (nSPS) is 16.0. The van der Waals surface area contributed by atoms with Crippen LogP contribution in [0.4, 0.5) is 22.0 Å². The van der Waals surface area contributed by atoms with Gasteiger partial charge in [0.1, 0.15) is 11.4 Å². The molecule has 0 unspecified atom stereocenters. The summed E-state index contributed by atoms with van der Waals surface area (Å²) in [6.45, 7) is 3.23. The van der Waals surface area contributed by atoms with Gasteiger partial charge < -0.3 is 10.1 Å². The Hall–Kier alpha value is -2.63. The number of ether oxygens (including phenoxy) is 1. The van der Waals surface area contributed by atoms with Gasteiger partial charge in [-0.15, -0.1) is 0 Å². The summed E-state index contributed by atoms with van der Waals surface area (Å²) in [7, 11) is 0. The number of hydrogen-bond donors (Lipinski definition) is 1. The molecule has 0 atom stereocenters. The molecule has 26 heavy (non-hydrogen) atoms. The van der Waals surface area contributed by atoms with Crippen molar-refractivity contribution in [1.29, 1.82) is 5.26 Å². The number of nitriles is 1. The predicted molar refractivity (Wildman–Crippen MR) is 82.3 cm³/mol. The molecule has 0 radical (unpaired) electrons. The molecular formula is C17H15F5N2O2. The van der Waals surface area contributed by atoms with Crippen LogP contribution in [-0.4, -0.2) is 24.2 Å². The average Bonchev–Trinajstić information content (AvgIpc) is 2.51. The summed E-state index contributed by atoms with van der Waals surface area (Å²) < 4.78 is 70.7. The van der Waals surface area contributed by atoms with Crippen LogP contribution in [0.3, 0.4) is 0 Å². The van der Waals surface area contributed by atoms with Crippen LogP contribution in [0.25, 0.3) is 5.57 Å². The highest BCUT2D eigenvalue weighted by Gasteiger charge is 2.58. The van der Waals surface area contributed by atoms with E-state index in [-0.39, 0.29) is 29.9 Å². The minimum Gasteiger partial charge on any atom is -0.483 e. The summed E-state index contributed by atoms with van der Waals surface area (Å²) in [6, 6.07) is 4.04. The number of amides is 1. The fourth-order valence-electron chi connectivity index (χ4n) is 2.44. The largest absolute Gasteiger partial charge is 0.483 e. The molecule has 1 aromatic rings. The lowest BCUT2D eigenvalue weighted by molar-refractivity contribution is -0.289. The van der Waals surface area contributed by atoms with Crippen LogP contribution >= 0.6 is 0 Å². The zero-order valence-electron chi connectivity index (χ0n) is 13.9. The number of alkyl halides is 5. The molecule has 1 aliphatic rings. The molecule has 1 N–H and O–H groups in total. The molecule has 0 bridgehead atoms. The Labute approximate surface area is 146 Å². The van der Waals surface area contributed by atoms with Gasteiger partial charge in [-0.25, -0.2) is 0 Å². The van der Waals surface area contributed by atoms with Crippen LogP contribution in [0.5, 0.6) is 5.75 Å². The van der Waals surface area contributed by atoms with E-state index in [1.54, 1.807) is 13.8 Å². The molecule has 0 saturated carbocycles. The Balaban J connectivity index is 2.49. The third kappa shape index (κ3) is 3.79. The molecule has 2 rings (SSSR count). The Kier molecular flexibility index (Phi) is 4.99. The minimum absolute atomic E-state index is 0.0156. The van der Waals surface area contributed by atoms with E-state index in [0.29, 0.717) is 12.1 Å². The van der Waals surface area contributed by atoms with E-state index in [1.165, 1.54) is 6.08 Å². The van der Waals surface area contributed by atoms with Crippen LogP contribution in [0.15, 0.2) is 24.3 Å². The van der Waals surface area contributed by atoms with Gasteiger partial charge in [0.05, 0.1) is 18.1 Å². The first-order valence-electron chi connectivity index (χ1n) is 7.55. The second kappa shape index (κ2) is 6.59. The van der Waals surface area contributed by atoms with Gasteiger partial charge in [-0.2, -0.15) is 27.2 Å². The topological polar surface area (TPSA) is 62.1 Å². The van der Waals surface area contributed by atoms with E-state index >= 15 is 0 Å². The van der Waals surface area contributed by atoms with Gasteiger partial charge in [-0.05, 0) is 38.1 Å². The molecule has 140 valence electrons. The highest BCUT2D eigenvalue weighted by molar-refractivity contribution is 6.20. The van der Waals surface area contributed by atoms with Gasteiger partial charge in [0.25, 0.3) is 5.91 Å². The van der Waals surface area contributed by atoms with Gasteiger partial charge >= 0.3 is 12.1 Å². The van der Waals surface area contributed by atoms with Crippen molar-refractivity contribution in [3.8, 4) is 11.8 Å². The number of halogens is 5. The lowest BCUT2D eigenvalue weighted by Crippen LogP contribution is -2.35. The molecule has 9 heteroatoms. The summed E-state index contributed by atoms with van der Waals surface area (Å²) in [5.74, 6) is -5.74. The predicted octanol–water partition coefficient (Wildman–Crippen LogP) is 3.92. The highest BCUT2D eigenvalue weighted by Crippen LogP contribution is 2.46. The number of rotatable bonds is 4. The number of hydrogen-bond acceptors (Lipinski definition) is 3. The molecule has 1 amide bonds. The second-order valence-corrected chi connectivity index (χ2v) is 6.21. The molecule has 1 aliphatic heterocycles. The summed E-state index contributed by atoms with van der Waals surface area (Å²) in [4.78, 5) is 12.3. The molecule has 1 heterocycles. The lowest BCUT2D eigenvalue weighted by atomic mass is 9.91. The van der Waals surface area contributed by atoms with E-state index in [0.717, 1.165) is 6.07 Å². The maximum absolute atomic E-state index is 13.6. The van der Waals surface area contributed by atoms with Crippen molar-refractivity contribution >= 4 is 11.5 Å². The first kappa shape index (κ1) is 19.7. The third-order valence-corrected chi connectivity index (χ3v) is 3.62. The molecule has 0 aromatic heterocycles. The Morgan fingerprint density at radius 3 is 2.50 bits per heavy atom.